The first-order valence-electron chi connectivity index (χ1n) is 6.11. The molecule has 4 nitrogen and oxygen atoms in total. The maximum absolute atomic E-state index is 9.73. The van der Waals surface area contributed by atoms with E-state index in [1.165, 1.54) is 11.1 Å². The number of methoxy groups -OCH3 is 2. The van der Waals surface area contributed by atoms with E-state index in [9.17, 15) is 5.11 Å². The van der Waals surface area contributed by atoms with Gasteiger partial charge in [-0.05, 0) is 37.1 Å². The highest BCUT2D eigenvalue weighted by Gasteiger charge is 2.36. The number of hydrogen-bond acceptors (Lipinski definition) is 4. The average molecular weight is 251 g/mol. The zero-order chi connectivity index (χ0) is 13.3. The molecule has 4 heteroatoms. The van der Waals surface area contributed by atoms with Crippen molar-refractivity contribution in [1.29, 1.82) is 0 Å². The van der Waals surface area contributed by atoms with Gasteiger partial charge in [-0.2, -0.15) is 0 Å². The third-order valence-corrected chi connectivity index (χ3v) is 3.36. The van der Waals surface area contributed by atoms with Gasteiger partial charge in [0, 0.05) is 19.6 Å². The SMILES string of the molecule is COc1cc(C)c(CN2CC(C)(O)C2)cc1OC. The van der Waals surface area contributed by atoms with Crippen LogP contribution in [0.15, 0.2) is 12.1 Å². The number of aryl methyl sites for hydroxylation is 1. The molecule has 0 spiro atoms. The van der Waals surface area contributed by atoms with Gasteiger partial charge in [-0.25, -0.2) is 0 Å². The molecule has 0 amide bonds. The summed E-state index contributed by atoms with van der Waals surface area (Å²) in [5.74, 6) is 1.51. The van der Waals surface area contributed by atoms with E-state index >= 15 is 0 Å². The van der Waals surface area contributed by atoms with Gasteiger partial charge in [0.25, 0.3) is 0 Å². The Balaban J connectivity index is 2.13. The molecule has 0 radical (unpaired) electrons. The van der Waals surface area contributed by atoms with Crippen LogP contribution in [0.3, 0.4) is 0 Å². The molecule has 0 aliphatic carbocycles. The van der Waals surface area contributed by atoms with Gasteiger partial charge in [0.2, 0.25) is 0 Å². The van der Waals surface area contributed by atoms with Gasteiger partial charge in [0.1, 0.15) is 0 Å². The molecular weight excluding hydrogens is 230 g/mol. The van der Waals surface area contributed by atoms with Gasteiger partial charge in [-0.3, -0.25) is 4.90 Å². The lowest BCUT2D eigenvalue weighted by molar-refractivity contribution is -0.0872. The van der Waals surface area contributed by atoms with Crippen LogP contribution in [0.1, 0.15) is 18.1 Å². The van der Waals surface area contributed by atoms with Crippen molar-refractivity contribution in [2.45, 2.75) is 26.0 Å². The van der Waals surface area contributed by atoms with Crippen LogP contribution in [0.5, 0.6) is 11.5 Å². The minimum absolute atomic E-state index is 0.523. The van der Waals surface area contributed by atoms with Crippen LogP contribution in [0.25, 0.3) is 0 Å². The highest BCUT2D eigenvalue weighted by atomic mass is 16.5. The molecule has 1 saturated heterocycles. The second-order valence-corrected chi connectivity index (χ2v) is 5.28. The molecule has 0 aromatic heterocycles. The van der Waals surface area contributed by atoms with E-state index in [1.807, 2.05) is 19.1 Å². The summed E-state index contributed by atoms with van der Waals surface area (Å²) < 4.78 is 10.6. The number of nitrogens with zero attached hydrogens (tertiary/aromatic N) is 1. The molecule has 0 saturated carbocycles. The predicted octanol–water partition coefficient (Wildman–Crippen LogP) is 1.58. The molecule has 1 aliphatic heterocycles. The molecule has 18 heavy (non-hydrogen) atoms. The monoisotopic (exact) mass is 251 g/mol. The molecule has 1 fully saturated rings. The van der Waals surface area contributed by atoms with Crippen LogP contribution >= 0.6 is 0 Å². The normalized spacial score (nSPS) is 18.3. The smallest absolute Gasteiger partial charge is 0.161 e. The highest BCUT2D eigenvalue weighted by Crippen LogP contribution is 2.32. The molecule has 100 valence electrons. The minimum Gasteiger partial charge on any atom is -0.493 e. The molecule has 1 aromatic carbocycles. The fourth-order valence-corrected chi connectivity index (χ4v) is 2.46. The lowest BCUT2D eigenvalue weighted by atomic mass is 9.95. The van der Waals surface area contributed by atoms with Gasteiger partial charge in [-0.1, -0.05) is 0 Å². The summed E-state index contributed by atoms with van der Waals surface area (Å²) in [6, 6.07) is 4.01. The first kappa shape index (κ1) is 13.2. The standard InChI is InChI=1S/C14H21NO3/c1-10-5-12(17-3)13(18-4)6-11(10)7-15-8-14(2,16)9-15/h5-6,16H,7-9H2,1-4H3. The van der Waals surface area contributed by atoms with Crippen LogP contribution in [-0.2, 0) is 6.54 Å². The molecular formula is C14H21NO3. The second kappa shape index (κ2) is 4.78. The summed E-state index contributed by atoms with van der Waals surface area (Å²) in [5.41, 5.74) is 1.87. The average Bonchev–Trinajstić information content (AvgIpc) is 2.28. The van der Waals surface area contributed by atoms with E-state index < -0.39 is 5.60 Å². The Morgan fingerprint density at radius 3 is 2.28 bits per heavy atom. The first-order valence-corrected chi connectivity index (χ1v) is 6.11. The van der Waals surface area contributed by atoms with Crippen molar-refractivity contribution >= 4 is 0 Å². The highest BCUT2D eigenvalue weighted by molar-refractivity contribution is 5.47. The molecule has 1 aromatic rings. The van der Waals surface area contributed by atoms with Crippen molar-refractivity contribution in [2.24, 2.45) is 0 Å². The molecule has 1 aliphatic rings. The third kappa shape index (κ3) is 2.60. The van der Waals surface area contributed by atoms with Crippen molar-refractivity contribution in [3.8, 4) is 11.5 Å². The lowest BCUT2D eigenvalue weighted by Crippen LogP contribution is -2.59. The molecule has 0 atom stereocenters. The van der Waals surface area contributed by atoms with E-state index in [-0.39, 0.29) is 0 Å². The lowest BCUT2D eigenvalue weighted by Gasteiger charge is -2.44. The van der Waals surface area contributed by atoms with Gasteiger partial charge >= 0.3 is 0 Å². The molecule has 0 unspecified atom stereocenters. The Bertz CT molecular complexity index is 435. The van der Waals surface area contributed by atoms with Crippen LogP contribution in [0.4, 0.5) is 0 Å². The number of β-amino-alcohol motifs (C(OH)–C–C–N with tert-alkyl or cyclic N) is 1. The summed E-state index contributed by atoms with van der Waals surface area (Å²) >= 11 is 0. The summed E-state index contributed by atoms with van der Waals surface area (Å²) in [5, 5.41) is 9.73. The van der Waals surface area contributed by atoms with E-state index in [1.54, 1.807) is 14.2 Å². The van der Waals surface area contributed by atoms with Crippen LogP contribution in [-0.4, -0.2) is 42.9 Å². The Morgan fingerprint density at radius 1 is 1.22 bits per heavy atom. The van der Waals surface area contributed by atoms with Crippen molar-refractivity contribution < 1.29 is 14.6 Å². The fourth-order valence-electron chi connectivity index (χ4n) is 2.46. The van der Waals surface area contributed by atoms with Crippen LogP contribution in [0.2, 0.25) is 0 Å². The van der Waals surface area contributed by atoms with Gasteiger partial charge in [0.05, 0.1) is 19.8 Å². The summed E-state index contributed by atoms with van der Waals surface area (Å²) in [4.78, 5) is 2.22. The third-order valence-electron chi connectivity index (χ3n) is 3.36. The first-order chi connectivity index (χ1) is 8.45. The van der Waals surface area contributed by atoms with Gasteiger partial charge < -0.3 is 14.6 Å². The predicted molar refractivity (Wildman–Crippen MR) is 70.2 cm³/mol. The Kier molecular flexibility index (Phi) is 3.50. The Labute approximate surface area is 108 Å². The fraction of sp³-hybridized carbons (Fsp3) is 0.571. The van der Waals surface area contributed by atoms with Crippen molar-refractivity contribution in [1.82, 2.24) is 4.90 Å². The number of benzene rings is 1. The largest absolute Gasteiger partial charge is 0.493 e. The van der Waals surface area contributed by atoms with Crippen LogP contribution < -0.4 is 9.47 Å². The van der Waals surface area contributed by atoms with Crippen molar-refractivity contribution in [3.05, 3.63) is 23.3 Å². The molecule has 0 bridgehead atoms. The Hall–Kier alpha value is -1.26. The number of ether oxygens (including phenoxy) is 2. The zero-order valence-corrected chi connectivity index (χ0v) is 11.5. The summed E-state index contributed by atoms with van der Waals surface area (Å²) in [6.45, 7) is 6.21. The topological polar surface area (TPSA) is 41.9 Å². The van der Waals surface area contributed by atoms with Gasteiger partial charge in [0.15, 0.2) is 11.5 Å². The van der Waals surface area contributed by atoms with E-state index in [0.717, 1.165) is 31.1 Å². The molecule has 1 N–H and O–H groups in total. The number of likely N-dealkylation sites (tertiary alicyclic amines) is 1. The summed E-state index contributed by atoms with van der Waals surface area (Å²) in [6.07, 6.45) is 0. The number of hydrogen-bond donors (Lipinski definition) is 1. The second-order valence-electron chi connectivity index (χ2n) is 5.28. The molecule has 2 rings (SSSR count). The van der Waals surface area contributed by atoms with E-state index in [2.05, 4.69) is 11.8 Å². The maximum atomic E-state index is 9.73. The number of rotatable bonds is 4. The summed E-state index contributed by atoms with van der Waals surface area (Å²) in [7, 11) is 3.29. The quantitative estimate of drug-likeness (QED) is 0.882. The maximum Gasteiger partial charge on any atom is 0.161 e. The van der Waals surface area contributed by atoms with Gasteiger partial charge in [-0.15, -0.1) is 0 Å². The zero-order valence-electron chi connectivity index (χ0n) is 11.5. The van der Waals surface area contributed by atoms with E-state index in [4.69, 9.17) is 9.47 Å². The van der Waals surface area contributed by atoms with Crippen LogP contribution in [0, 0.1) is 6.92 Å². The van der Waals surface area contributed by atoms with E-state index in [0.29, 0.717) is 0 Å². The number of aliphatic hydroxyl groups is 1. The molecule has 1 heterocycles. The minimum atomic E-state index is -0.523. The van der Waals surface area contributed by atoms with Crippen molar-refractivity contribution in [3.63, 3.8) is 0 Å². The Morgan fingerprint density at radius 2 is 1.78 bits per heavy atom. The van der Waals surface area contributed by atoms with Crippen molar-refractivity contribution in [2.75, 3.05) is 27.3 Å².